The van der Waals surface area contributed by atoms with E-state index in [2.05, 4.69) is 14.9 Å². The molecule has 0 saturated carbocycles. The van der Waals surface area contributed by atoms with E-state index in [0.29, 0.717) is 0 Å². The molecule has 0 saturated heterocycles. The number of hydrogen-bond acceptors (Lipinski definition) is 6. The third kappa shape index (κ3) is 3.87. The van der Waals surface area contributed by atoms with E-state index in [9.17, 15) is 13.2 Å². The van der Waals surface area contributed by atoms with E-state index < -0.39 is 16.3 Å². The maximum Gasteiger partial charge on any atom is 0.422 e. The van der Waals surface area contributed by atoms with Crippen LogP contribution in [0.4, 0.5) is 10.6 Å². The topological polar surface area (TPSA) is 110 Å². The number of rotatable bonds is 3. The van der Waals surface area contributed by atoms with Crippen molar-refractivity contribution in [1.29, 1.82) is 0 Å². The molecule has 0 spiro atoms. The average molecular weight is 267 g/mol. The first-order chi connectivity index (χ1) is 7.43. The van der Waals surface area contributed by atoms with Gasteiger partial charge in [-0.3, -0.25) is 0 Å². The van der Waals surface area contributed by atoms with Crippen molar-refractivity contribution >= 4 is 33.7 Å². The van der Waals surface area contributed by atoms with Crippen molar-refractivity contribution in [3.8, 4) is 0 Å². The fourth-order valence-corrected chi connectivity index (χ4v) is 1.52. The zero-order valence-corrected chi connectivity index (χ0v) is 9.54. The Bertz CT molecular complexity index is 474. The molecule has 0 fully saturated rings. The number of methoxy groups -OCH3 is 1. The van der Waals surface area contributed by atoms with Crippen molar-refractivity contribution in [3.63, 3.8) is 0 Å². The van der Waals surface area contributed by atoms with E-state index in [1.807, 2.05) is 4.72 Å². The van der Waals surface area contributed by atoms with E-state index in [-0.39, 0.29) is 11.0 Å². The Labute approximate surface area is 96.1 Å². The number of halogens is 1. The second-order valence-corrected chi connectivity index (χ2v) is 4.24. The summed E-state index contributed by atoms with van der Waals surface area (Å²) in [6.07, 6.45) is -1.12. The van der Waals surface area contributed by atoms with Crippen LogP contribution < -0.4 is 9.44 Å². The van der Waals surface area contributed by atoms with Crippen LogP contribution in [-0.4, -0.2) is 31.8 Å². The summed E-state index contributed by atoms with van der Waals surface area (Å²) in [5.74, 6) is -0.0826. The van der Waals surface area contributed by atoms with Gasteiger partial charge in [0.15, 0.2) is 11.0 Å². The Balaban J connectivity index is 2.73. The number of carbonyl (C=O) groups is 1. The van der Waals surface area contributed by atoms with Gasteiger partial charge in [-0.2, -0.15) is 8.42 Å². The number of nitrogens with zero attached hydrogens (tertiary/aromatic N) is 2. The fraction of sp³-hybridized carbons (Fsp3) is 0.167. The fourth-order valence-electron chi connectivity index (χ4n) is 0.685. The summed E-state index contributed by atoms with van der Waals surface area (Å²) in [5.41, 5.74) is 0. The summed E-state index contributed by atoms with van der Waals surface area (Å²) in [4.78, 5) is 10.7. The van der Waals surface area contributed by atoms with Crippen molar-refractivity contribution in [2.75, 3.05) is 11.8 Å². The molecule has 0 aliphatic heterocycles. The normalized spacial score (nSPS) is 10.6. The molecule has 1 rings (SSSR count). The molecule has 0 aliphatic rings. The van der Waals surface area contributed by atoms with Crippen molar-refractivity contribution in [3.05, 3.63) is 17.3 Å². The maximum atomic E-state index is 11.2. The molecule has 1 aromatic heterocycles. The van der Waals surface area contributed by atoms with Crippen LogP contribution in [0, 0.1) is 0 Å². The monoisotopic (exact) mass is 266 g/mol. The van der Waals surface area contributed by atoms with Crippen LogP contribution >= 0.6 is 11.6 Å². The van der Waals surface area contributed by atoms with E-state index in [1.54, 1.807) is 4.72 Å². The Kier molecular flexibility index (Phi) is 3.85. The smallest absolute Gasteiger partial charge is 0.422 e. The molecule has 8 nitrogen and oxygen atoms in total. The van der Waals surface area contributed by atoms with Crippen LogP contribution in [-0.2, 0) is 14.9 Å². The summed E-state index contributed by atoms with van der Waals surface area (Å²) >= 11 is 5.45. The van der Waals surface area contributed by atoms with Crippen molar-refractivity contribution in [2.45, 2.75) is 0 Å². The third-order valence-electron chi connectivity index (χ3n) is 1.27. The standard InChI is InChI=1S/C6H7ClN4O4S/c1-15-6(12)11-16(13,14)10-5-3-2-4(7)8-9-5/h2-3H,1H3,(H,9,10)(H,11,12). The molecule has 0 radical (unpaired) electrons. The van der Waals surface area contributed by atoms with E-state index in [1.165, 1.54) is 12.1 Å². The van der Waals surface area contributed by atoms with E-state index in [4.69, 9.17) is 11.6 Å². The first-order valence-electron chi connectivity index (χ1n) is 3.80. The second kappa shape index (κ2) is 4.94. The summed E-state index contributed by atoms with van der Waals surface area (Å²) < 4.78 is 30.1. The number of anilines is 1. The third-order valence-corrected chi connectivity index (χ3v) is 2.39. The number of nitrogens with one attached hydrogen (secondary N) is 2. The Morgan fingerprint density at radius 2 is 2.12 bits per heavy atom. The highest BCUT2D eigenvalue weighted by molar-refractivity contribution is 7.91. The summed E-state index contributed by atoms with van der Waals surface area (Å²) in [5, 5.41) is 6.95. The predicted octanol–water partition coefficient (Wildman–Crippen LogP) is 0.143. The largest absolute Gasteiger partial charge is 0.452 e. The van der Waals surface area contributed by atoms with Gasteiger partial charge >= 0.3 is 16.3 Å². The highest BCUT2D eigenvalue weighted by Gasteiger charge is 2.14. The quantitative estimate of drug-likeness (QED) is 0.805. The van der Waals surface area contributed by atoms with Gasteiger partial charge in [0.25, 0.3) is 0 Å². The van der Waals surface area contributed by atoms with E-state index in [0.717, 1.165) is 7.11 Å². The molecule has 1 amide bonds. The summed E-state index contributed by atoms with van der Waals surface area (Å²) in [6.45, 7) is 0. The summed E-state index contributed by atoms with van der Waals surface area (Å²) in [7, 11) is -3.04. The Morgan fingerprint density at radius 1 is 1.44 bits per heavy atom. The van der Waals surface area contributed by atoms with Gasteiger partial charge < -0.3 is 4.74 Å². The van der Waals surface area contributed by atoms with Gasteiger partial charge in [0.1, 0.15) is 0 Å². The molecule has 88 valence electrons. The first-order valence-corrected chi connectivity index (χ1v) is 5.67. The molecule has 1 heterocycles. The molecule has 10 heteroatoms. The number of carbonyl (C=O) groups excluding carboxylic acids is 1. The minimum absolute atomic E-state index is 0.0826. The zero-order chi connectivity index (χ0) is 12.2. The van der Waals surface area contributed by atoms with Gasteiger partial charge in [-0.25, -0.2) is 14.2 Å². The van der Waals surface area contributed by atoms with Crippen LogP contribution in [0.2, 0.25) is 5.15 Å². The molecule has 0 atom stereocenters. The van der Waals surface area contributed by atoms with Gasteiger partial charge in [-0.1, -0.05) is 11.6 Å². The van der Waals surface area contributed by atoms with Gasteiger partial charge in [0.2, 0.25) is 0 Å². The molecule has 0 aliphatic carbocycles. The van der Waals surface area contributed by atoms with Gasteiger partial charge in [-0.05, 0) is 12.1 Å². The SMILES string of the molecule is COC(=O)NS(=O)(=O)Nc1ccc(Cl)nn1. The summed E-state index contributed by atoms with van der Waals surface area (Å²) in [6, 6.07) is 2.62. The molecule has 0 bridgehead atoms. The average Bonchev–Trinajstić information content (AvgIpc) is 2.20. The number of hydrogen-bond donors (Lipinski definition) is 2. The Hall–Kier alpha value is -1.61. The van der Waals surface area contributed by atoms with E-state index >= 15 is 0 Å². The van der Waals surface area contributed by atoms with Gasteiger partial charge in [-0.15, -0.1) is 10.2 Å². The van der Waals surface area contributed by atoms with Crippen molar-refractivity contribution < 1.29 is 17.9 Å². The molecule has 1 aromatic rings. The molecular weight excluding hydrogens is 260 g/mol. The first kappa shape index (κ1) is 12.5. The van der Waals surface area contributed by atoms with Crippen LogP contribution in [0.25, 0.3) is 0 Å². The lowest BCUT2D eigenvalue weighted by molar-refractivity contribution is 0.177. The predicted molar refractivity (Wildman–Crippen MR) is 55.1 cm³/mol. The lowest BCUT2D eigenvalue weighted by Gasteiger charge is -2.06. The van der Waals surface area contributed by atoms with Crippen LogP contribution in [0.3, 0.4) is 0 Å². The second-order valence-electron chi connectivity index (χ2n) is 2.44. The molecule has 16 heavy (non-hydrogen) atoms. The zero-order valence-electron chi connectivity index (χ0n) is 7.97. The lowest BCUT2D eigenvalue weighted by Crippen LogP contribution is -2.35. The number of amides is 1. The minimum Gasteiger partial charge on any atom is -0.452 e. The van der Waals surface area contributed by atoms with Crippen molar-refractivity contribution in [1.82, 2.24) is 14.9 Å². The molecule has 2 N–H and O–H groups in total. The molecule has 0 unspecified atom stereocenters. The van der Waals surface area contributed by atoms with Crippen LogP contribution in [0.5, 0.6) is 0 Å². The molecular formula is C6H7ClN4O4S. The highest BCUT2D eigenvalue weighted by atomic mass is 35.5. The van der Waals surface area contributed by atoms with Gasteiger partial charge in [0.05, 0.1) is 7.11 Å². The minimum atomic E-state index is -4.08. The van der Waals surface area contributed by atoms with Crippen LogP contribution in [0.1, 0.15) is 0 Å². The molecule has 0 aromatic carbocycles. The van der Waals surface area contributed by atoms with Gasteiger partial charge in [0, 0.05) is 0 Å². The lowest BCUT2D eigenvalue weighted by atomic mass is 10.5. The number of aromatic nitrogens is 2. The van der Waals surface area contributed by atoms with Crippen LogP contribution in [0.15, 0.2) is 12.1 Å². The number of ether oxygens (including phenoxy) is 1. The Morgan fingerprint density at radius 3 is 2.62 bits per heavy atom. The van der Waals surface area contributed by atoms with Crippen molar-refractivity contribution in [2.24, 2.45) is 0 Å². The maximum absolute atomic E-state index is 11.2. The highest BCUT2D eigenvalue weighted by Crippen LogP contribution is 2.06.